The number of fused-ring (bicyclic) bond motifs is 1. The van der Waals surface area contributed by atoms with Crippen molar-refractivity contribution in [3.63, 3.8) is 0 Å². The topological polar surface area (TPSA) is 52.0 Å². The van der Waals surface area contributed by atoms with E-state index in [4.69, 9.17) is 15.1 Å². The summed E-state index contributed by atoms with van der Waals surface area (Å²) in [6.07, 6.45) is 8.08. The maximum absolute atomic E-state index is 6.19. The Hall–Kier alpha value is -1.51. The number of anilines is 1. The van der Waals surface area contributed by atoms with Crippen molar-refractivity contribution in [1.29, 1.82) is 0 Å². The highest BCUT2D eigenvalue weighted by Crippen LogP contribution is 2.65. The van der Waals surface area contributed by atoms with Gasteiger partial charge in [-0.25, -0.2) is 4.98 Å². The number of rotatable bonds is 1. The first-order valence-corrected chi connectivity index (χ1v) is 8.20. The molecule has 4 saturated carbocycles. The Morgan fingerprint density at radius 2 is 1.95 bits per heavy atom. The molecule has 6 rings (SSSR count). The van der Waals surface area contributed by atoms with E-state index in [0.29, 0.717) is 5.41 Å². The lowest BCUT2D eigenvalue weighted by atomic mass is 9.44. The molecule has 2 aromatic rings. The maximum Gasteiger partial charge on any atom is 0.201 e. The SMILES string of the molecule is CC12CC3CC(C1)CC(c1nc4ccc(N)cc4o1)(C3)C2. The molecular weight excluding hydrogens is 260 g/mol. The van der Waals surface area contributed by atoms with E-state index in [1.807, 2.05) is 18.2 Å². The first-order valence-electron chi connectivity index (χ1n) is 8.20. The molecule has 0 amide bonds. The van der Waals surface area contributed by atoms with Crippen molar-refractivity contribution < 1.29 is 4.42 Å². The van der Waals surface area contributed by atoms with Gasteiger partial charge in [0.25, 0.3) is 0 Å². The summed E-state index contributed by atoms with van der Waals surface area (Å²) in [5.41, 5.74) is 9.15. The van der Waals surface area contributed by atoms with E-state index in [1.165, 1.54) is 38.5 Å². The molecule has 4 aliphatic carbocycles. The summed E-state index contributed by atoms with van der Waals surface area (Å²) < 4.78 is 6.19. The number of nitrogens with two attached hydrogens (primary N) is 1. The molecule has 1 aromatic heterocycles. The lowest BCUT2D eigenvalue weighted by molar-refractivity contribution is -0.0704. The molecule has 4 bridgehead atoms. The van der Waals surface area contributed by atoms with Crippen molar-refractivity contribution in [2.24, 2.45) is 17.3 Å². The molecular formula is C18H22N2O. The van der Waals surface area contributed by atoms with Crippen LogP contribution in [0.25, 0.3) is 11.1 Å². The Kier molecular flexibility index (Phi) is 2.09. The Morgan fingerprint density at radius 3 is 2.67 bits per heavy atom. The molecule has 110 valence electrons. The molecule has 0 radical (unpaired) electrons. The maximum atomic E-state index is 6.19. The van der Waals surface area contributed by atoms with E-state index in [0.717, 1.165) is 34.5 Å². The quantitative estimate of drug-likeness (QED) is 0.795. The minimum Gasteiger partial charge on any atom is -0.440 e. The van der Waals surface area contributed by atoms with Gasteiger partial charge >= 0.3 is 0 Å². The minimum absolute atomic E-state index is 0.201. The van der Waals surface area contributed by atoms with Gasteiger partial charge in [-0.3, -0.25) is 0 Å². The zero-order valence-corrected chi connectivity index (χ0v) is 12.6. The van der Waals surface area contributed by atoms with Gasteiger partial charge in [0, 0.05) is 17.2 Å². The highest BCUT2D eigenvalue weighted by molar-refractivity contribution is 5.76. The average molecular weight is 282 g/mol. The van der Waals surface area contributed by atoms with Crippen molar-refractivity contribution in [3.8, 4) is 0 Å². The number of aromatic nitrogens is 1. The monoisotopic (exact) mass is 282 g/mol. The van der Waals surface area contributed by atoms with Gasteiger partial charge in [-0.15, -0.1) is 0 Å². The smallest absolute Gasteiger partial charge is 0.201 e. The van der Waals surface area contributed by atoms with Crippen molar-refractivity contribution in [3.05, 3.63) is 24.1 Å². The lowest BCUT2D eigenvalue weighted by Gasteiger charge is -2.60. The molecule has 0 saturated heterocycles. The molecule has 2 unspecified atom stereocenters. The van der Waals surface area contributed by atoms with Crippen LogP contribution in [0, 0.1) is 17.3 Å². The van der Waals surface area contributed by atoms with E-state index >= 15 is 0 Å². The Bertz CT molecular complexity index is 718. The van der Waals surface area contributed by atoms with Crippen LogP contribution in [0.3, 0.4) is 0 Å². The first kappa shape index (κ1) is 12.1. The third kappa shape index (κ3) is 1.63. The van der Waals surface area contributed by atoms with Crippen molar-refractivity contribution in [2.45, 2.75) is 50.9 Å². The second-order valence-corrected chi connectivity index (χ2v) is 8.30. The van der Waals surface area contributed by atoms with Crippen LogP contribution in [0.4, 0.5) is 5.69 Å². The zero-order chi connectivity index (χ0) is 14.2. The number of hydrogen-bond acceptors (Lipinski definition) is 3. The van der Waals surface area contributed by atoms with Gasteiger partial charge in [0.15, 0.2) is 5.58 Å². The van der Waals surface area contributed by atoms with E-state index in [-0.39, 0.29) is 5.41 Å². The number of nitrogen functional groups attached to an aromatic ring is 1. The van der Waals surface area contributed by atoms with Crippen LogP contribution in [0.2, 0.25) is 0 Å². The molecule has 4 aliphatic rings. The van der Waals surface area contributed by atoms with Crippen LogP contribution in [0.15, 0.2) is 22.6 Å². The van der Waals surface area contributed by atoms with Crippen molar-refractivity contribution >= 4 is 16.8 Å². The molecule has 2 N–H and O–H groups in total. The molecule has 1 aromatic carbocycles. The van der Waals surface area contributed by atoms with Gasteiger partial charge in [0.1, 0.15) is 5.52 Å². The summed E-state index contributed by atoms with van der Waals surface area (Å²) >= 11 is 0. The third-order valence-electron chi connectivity index (χ3n) is 6.22. The highest BCUT2D eigenvalue weighted by Gasteiger charge is 2.58. The Morgan fingerprint density at radius 1 is 1.19 bits per heavy atom. The number of benzene rings is 1. The largest absolute Gasteiger partial charge is 0.440 e. The van der Waals surface area contributed by atoms with Gasteiger partial charge in [0.2, 0.25) is 5.89 Å². The van der Waals surface area contributed by atoms with Gasteiger partial charge in [0.05, 0.1) is 0 Å². The second kappa shape index (κ2) is 3.63. The highest BCUT2D eigenvalue weighted by atomic mass is 16.3. The molecule has 21 heavy (non-hydrogen) atoms. The first-order chi connectivity index (χ1) is 10.0. The fourth-order valence-electron chi connectivity index (χ4n) is 6.14. The van der Waals surface area contributed by atoms with E-state index in [2.05, 4.69) is 6.92 Å². The summed E-state index contributed by atoms with van der Waals surface area (Å²) in [6.45, 7) is 2.49. The molecule has 3 heteroatoms. The second-order valence-electron chi connectivity index (χ2n) is 8.30. The number of nitrogens with zero attached hydrogens (tertiary/aromatic N) is 1. The summed E-state index contributed by atoms with van der Waals surface area (Å²) in [7, 11) is 0. The summed E-state index contributed by atoms with van der Waals surface area (Å²) in [4.78, 5) is 4.85. The van der Waals surface area contributed by atoms with Gasteiger partial charge in [-0.1, -0.05) is 6.92 Å². The fourth-order valence-corrected chi connectivity index (χ4v) is 6.14. The molecule has 4 fully saturated rings. The van der Waals surface area contributed by atoms with E-state index in [1.54, 1.807) is 0 Å². The van der Waals surface area contributed by atoms with Crippen LogP contribution in [0.1, 0.15) is 51.3 Å². The standard InChI is InChI=1S/C18H22N2O/c1-17-6-11-4-12(7-17)9-18(8-11,10-17)16-20-14-3-2-13(19)5-15(14)21-16/h2-3,5,11-12H,4,6-10,19H2,1H3. The molecule has 1 heterocycles. The minimum atomic E-state index is 0.201. The van der Waals surface area contributed by atoms with Crippen LogP contribution in [0.5, 0.6) is 0 Å². The van der Waals surface area contributed by atoms with Crippen LogP contribution in [-0.2, 0) is 5.41 Å². The van der Waals surface area contributed by atoms with Gasteiger partial charge in [-0.2, -0.15) is 0 Å². The lowest BCUT2D eigenvalue weighted by Crippen LogP contribution is -2.53. The summed E-state index contributed by atoms with van der Waals surface area (Å²) in [5, 5.41) is 0. The molecule has 3 nitrogen and oxygen atoms in total. The van der Waals surface area contributed by atoms with Crippen LogP contribution < -0.4 is 5.73 Å². The summed E-state index contributed by atoms with van der Waals surface area (Å²) in [6, 6.07) is 5.81. The number of oxazole rings is 1. The third-order valence-corrected chi connectivity index (χ3v) is 6.22. The van der Waals surface area contributed by atoms with Crippen molar-refractivity contribution in [2.75, 3.05) is 5.73 Å². The van der Waals surface area contributed by atoms with E-state index < -0.39 is 0 Å². The predicted octanol–water partition coefficient (Wildman–Crippen LogP) is 4.27. The number of hydrogen-bond donors (Lipinski definition) is 1. The van der Waals surface area contributed by atoms with Crippen LogP contribution >= 0.6 is 0 Å². The fraction of sp³-hybridized carbons (Fsp3) is 0.611. The molecule has 2 atom stereocenters. The molecule has 0 aliphatic heterocycles. The Balaban J connectivity index is 1.64. The van der Waals surface area contributed by atoms with Gasteiger partial charge in [-0.05, 0) is 67.9 Å². The summed E-state index contributed by atoms with van der Waals surface area (Å²) in [5.74, 6) is 2.76. The average Bonchev–Trinajstić information content (AvgIpc) is 2.79. The Labute approximate surface area is 124 Å². The molecule has 0 spiro atoms. The normalized spacial score (nSPS) is 41.0. The van der Waals surface area contributed by atoms with Crippen LogP contribution in [-0.4, -0.2) is 4.98 Å². The zero-order valence-electron chi connectivity index (χ0n) is 12.6. The van der Waals surface area contributed by atoms with Gasteiger partial charge < -0.3 is 10.2 Å². The van der Waals surface area contributed by atoms with Crippen molar-refractivity contribution in [1.82, 2.24) is 4.98 Å². The predicted molar refractivity (Wildman–Crippen MR) is 82.9 cm³/mol. The van der Waals surface area contributed by atoms with E-state index in [9.17, 15) is 0 Å².